The second-order valence-electron chi connectivity index (χ2n) is 4.51. The van der Waals surface area contributed by atoms with E-state index in [1.165, 1.54) is 12.1 Å². The Labute approximate surface area is 105 Å². The largest absolute Gasteiger partial charge is 0.396 e. The van der Waals surface area contributed by atoms with E-state index in [1.807, 2.05) is 11.8 Å². The molecule has 98 valence electrons. The molecule has 1 aromatic rings. The van der Waals surface area contributed by atoms with E-state index in [0.717, 1.165) is 0 Å². The summed E-state index contributed by atoms with van der Waals surface area (Å²) >= 11 is 0. The van der Waals surface area contributed by atoms with E-state index in [0.29, 0.717) is 18.7 Å². The minimum Gasteiger partial charge on any atom is -0.396 e. The first-order valence-corrected chi connectivity index (χ1v) is 6.06. The first-order chi connectivity index (χ1) is 8.63. The Morgan fingerprint density at radius 3 is 3.00 bits per heavy atom. The van der Waals surface area contributed by atoms with Crippen LogP contribution in [0, 0.1) is 5.82 Å². The van der Waals surface area contributed by atoms with Crippen molar-refractivity contribution < 1.29 is 14.3 Å². The molecule has 0 radical (unpaired) electrons. The third kappa shape index (κ3) is 2.46. The molecule has 0 aromatic heterocycles. The fraction of sp³-hybridized carbons (Fsp3) is 0.462. The summed E-state index contributed by atoms with van der Waals surface area (Å²) in [5, 5.41) is 11.9. The van der Waals surface area contributed by atoms with Gasteiger partial charge in [0.15, 0.2) is 0 Å². The van der Waals surface area contributed by atoms with Gasteiger partial charge < -0.3 is 15.3 Å². The number of carbonyl (C=O) groups excluding carboxylic acids is 1. The molecule has 1 heterocycles. The molecule has 1 aromatic carbocycles. The van der Waals surface area contributed by atoms with E-state index in [4.69, 9.17) is 5.11 Å². The second-order valence-corrected chi connectivity index (χ2v) is 4.51. The minimum absolute atomic E-state index is 0.0704. The van der Waals surface area contributed by atoms with Gasteiger partial charge >= 0.3 is 0 Å². The van der Waals surface area contributed by atoms with Gasteiger partial charge in [-0.3, -0.25) is 4.79 Å². The number of anilines is 1. The molecule has 0 spiro atoms. The quantitative estimate of drug-likeness (QED) is 0.840. The average molecular weight is 252 g/mol. The molecule has 0 aliphatic carbocycles. The van der Waals surface area contributed by atoms with Gasteiger partial charge in [0.2, 0.25) is 5.91 Å². The standard InChI is InChI=1S/C13H17FN2O2/c1-9-8-15-13(18)12(5-6-17)16(9)11-4-2-3-10(14)7-11/h2-4,7,9,12,17H,5-6,8H2,1H3,(H,15,18). The first-order valence-electron chi connectivity index (χ1n) is 6.06. The molecule has 2 atom stereocenters. The van der Waals surface area contributed by atoms with Crippen molar-refractivity contribution in [2.45, 2.75) is 25.4 Å². The van der Waals surface area contributed by atoms with Crippen LogP contribution in [0.15, 0.2) is 24.3 Å². The maximum Gasteiger partial charge on any atom is 0.242 e. The Morgan fingerprint density at radius 1 is 1.56 bits per heavy atom. The predicted molar refractivity (Wildman–Crippen MR) is 66.8 cm³/mol. The smallest absolute Gasteiger partial charge is 0.242 e. The number of rotatable bonds is 3. The van der Waals surface area contributed by atoms with Gasteiger partial charge in [-0.1, -0.05) is 6.07 Å². The van der Waals surface area contributed by atoms with Crippen molar-refractivity contribution in [3.63, 3.8) is 0 Å². The molecule has 1 fully saturated rings. The summed E-state index contributed by atoms with van der Waals surface area (Å²) in [5.74, 6) is -0.445. The van der Waals surface area contributed by atoms with Crippen molar-refractivity contribution in [1.29, 1.82) is 0 Å². The highest BCUT2D eigenvalue weighted by Crippen LogP contribution is 2.24. The van der Waals surface area contributed by atoms with Gasteiger partial charge in [0.05, 0.1) is 0 Å². The Kier molecular flexibility index (Phi) is 3.81. The van der Waals surface area contributed by atoms with Crippen molar-refractivity contribution in [3.8, 4) is 0 Å². The lowest BCUT2D eigenvalue weighted by Gasteiger charge is -2.41. The minimum atomic E-state index is -0.444. The van der Waals surface area contributed by atoms with Crippen LogP contribution in [-0.4, -0.2) is 36.2 Å². The highest BCUT2D eigenvalue weighted by atomic mass is 19.1. The number of carbonyl (C=O) groups is 1. The molecule has 5 heteroatoms. The number of hydrogen-bond acceptors (Lipinski definition) is 3. The predicted octanol–water partition coefficient (Wildman–Crippen LogP) is 0.901. The fourth-order valence-corrected chi connectivity index (χ4v) is 2.36. The average Bonchev–Trinajstić information content (AvgIpc) is 2.34. The number of piperazine rings is 1. The topological polar surface area (TPSA) is 52.6 Å². The molecule has 1 saturated heterocycles. The van der Waals surface area contributed by atoms with Crippen LogP contribution in [0.3, 0.4) is 0 Å². The Hall–Kier alpha value is -1.62. The first kappa shape index (κ1) is 12.8. The van der Waals surface area contributed by atoms with Crippen molar-refractivity contribution in [2.24, 2.45) is 0 Å². The van der Waals surface area contributed by atoms with Crippen LogP contribution >= 0.6 is 0 Å². The molecule has 18 heavy (non-hydrogen) atoms. The third-order valence-electron chi connectivity index (χ3n) is 3.19. The van der Waals surface area contributed by atoms with Crippen LogP contribution < -0.4 is 10.2 Å². The molecule has 1 amide bonds. The number of hydrogen-bond donors (Lipinski definition) is 2. The number of halogens is 1. The molecule has 2 rings (SSSR count). The van der Waals surface area contributed by atoms with Gasteiger partial charge in [-0.25, -0.2) is 4.39 Å². The van der Waals surface area contributed by atoms with Crippen molar-refractivity contribution >= 4 is 11.6 Å². The van der Waals surface area contributed by atoms with Crippen molar-refractivity contribution in [2.75, 3.05) is 18.1 Å². The van der Waals surface area contributed by atoms with Gasteiger partial charge in [-0.05, 0) is 31.5 Å². The van der Waals surface area contributed by atoms with Gasteiger partial charge in [0.1, 0.15) is 11.9 Å². The molecule has 2 N–H and O–H groups in total. The molecule has 0 saturated carbocycles. The van der Waals surface area contributed by atoms with Crippen LogP contribution in [0.1, 0.15) is 13.3 Å². The monoisotopic (exact) mass is 252 g/mol. The number of aliphatic hydroxyl groups is 1. The van der Waals surface area contributed by atoms with E-state index >= 15 is 0 Å². The number of nitrogens with zero attached hydrogens (tertiary/aromatic N) is 1. The maximum atomic E-state index is 13.3. The number of amides is 1. The highest BCUT2D eigenvalue weighted by molar-refractivity contribution is 5.86. The van der Waals surface area contributed by atoms with Crippen molar-refractivity contribution in [1.82, 2.24) is 5.32 Å². The molecule has 2 unspecified atom stereocenters. The number of nitrogens with one attached hydrogen (secondary N) is 1. The van der Waals surface area contributed by atoms with Crippen LogP contribution in [0.5, 0.6) is 0 Å². The van der Waals surface area contributed by atoms with E-state index in [1.54, 1.807) is 12.1 Å². The summed E-state index contributed by atoms with van der Waals surface area (Å²) in [5.41, 5.74) is 0.677. The Morgan fingerprint density at radius 2 is 2.33 bits per heavy atom. The molecule has 0 bridgehead atoms. The molecule has 1 aliphatic heterocycles. The van der Waals surface area contributed by atoms with Crippen LogP contribution in [0.4, 0.5) is 10.1 Å². The lowest BCUT2D eigenvalue weighted by atomic mass is 10.0. The molecule has 4 nitrogen and oxygen atoms in total. The maximum absolute atomic E-state index is 13.3. The van der Waals surface area contributed by atoms with E-state index in [-0.39, 0.29) is 24.4 Å². The second kappa shape index (κ2) is 5.35. The van der Waals surface area contributed by atoms with E-state index in [9.17, 15) is 9.18 Å². The van der Waals surface area contributed by atoms with Crippen molar-refractivity contribution in [3.05, 3.63) is 30.1 Å². The van der Waals surface area contributed by atoms with Crippen LogP contribution in [0.25, 0.3) is 0 Å². The molecule has 1 aliphatic rings. The normalized spacial score (nSPS) is 23.9. The van der Waals surface area contributed by atoms with Gasteiger partial charge in [0, 0.05) is 24.9 Å². The molecular weight excluding hydrogens is 235 g/mol. The van der Waals surface area contributed by atoms with Crippen LogP contribution in [-0.2, 0) is 4.79 Å². The number of benzene rings is 1. The summed E-state index contributed by atoms with van der Waals surface area (Å²) < 4.78 is 13.3. The SMILES string of the molecule is CC1CNC(=O)C(CCO)N1c1cccc(F)c1. The Bertz CT molecular complexity index is 439. The van der Waals surface area contributed by atoms with Gasteiger partial charge in [0.25, 0.3) is 0 Å². The van der Waals surface area contributed by atoms with Gasteiger partial charge in [-0.2, -0.15) is 0 Å². The summed E-state index contributed by atoms with van der Waals surface area (Å²) in [6.45, 7) is 2.42. The lowest BCUT2D eigenvalue weighted by Crippen LogP contribution is -2.60. The zero-order valence-electron chi connectivity index (χ0n) is 10.3. The summed E-state index contributed by atoms with van der Waals surface area (Å²) in [6, 6.07) is 5.82. The van der Waals surface area contributed by atoms with Crippen LogP contribution in [0.2, 0.25) is 0 Å². The summed E-state index contributed by atoms with van der Waals surface area (Å²) in [4.78, 5) is 13.7. The van der Waals surface area contributed by atoms with E-state index in [2.05, 4.69) is 5.32 Å². The number of aliphatic hydroxyl groups excluding tert-OH is 1. The van der Waals surface area contributed by atoms with Gasteiger partial charge in [-0.15, -0.1) is 0 Å². The fourth-order valence-electron chi connectivity index (χ4n) is 2.36. The zero-order valence-corrected chi connectivity index (χ0v) is 10.3. The summed E-state index contributed by atoms with van der Waals surface area (Å²) in [7, 11) is 0. The zero-order chi connectivity index (χ0) is 13.1. The summed E-state index contributed by atoms with van der Waals surface area (Å²) in [6.07, 6.45) is 0.340. The third-order valence-corrected chi connectivity index (χ3v) is 3.19. The lowest BCUT2D eigenvalue weighted by molar-refractivity contribution is -0.124. The highest BCUT2D eigenvalue weighted by Gasteiger charge is 2.33. The molecular formula is C13H17FN2O2. The Balaban J connectivity index is 2.33. The van der Waals surface area contributed by atoms with E-state index < -0.39 is 6.04 Å².